The Morgan fingerprint density at radius 3 is 2.32 bits per heavy atom. The fourth-order valence-corrected chi connectivity index (χ4v) is 2.72. The molecule has 1 N–H and O–H groups in total. The zero-order valence-electron chi connectivity index (χ0n) is 13.4. The Morgan fingerprint density at radius 2 is 1.77 bits per heavy atom. The monoisotopic (exact) mass is 452 g/mol. The number of hydrogen-bond acceptors (Lipinski definition) is 2. The Balaban J connectivity index is 0. The van der Waals surface area contributed by atoms with Crippen molar-refractivity contribution in [2.75, 3.05) is 0 Å². The summed E-state index contributed by atoms with van der Waals surface area (Å²) in [6.45, 7) is 0. The minimum Gasteiger partial charge on any atom is -1.00 e. The van der Waals surface area contributed by atoms with Crippen LogP contribution < -0.4 is 0 Å². The maximum Gasteiger partial charge on any atom is 2.00 e. The van der Waals surface area contributed by atoms with Crippen molar-refractivity contribution >= 4 is 66.6 Å². The Labute approximate surface area is 173 Å². The third-order valence-electron chi connectivity index (χ3n) is 2.77. The van der Waals surface area contributed by atoms with E-state index in [2.05, 4.69) is 0 Å². The molecular weight excluding hydrogens is 439 g/mol. The predicted octanol–water partition coefficient (Wildman–Crippen LogP) is 4.54. The third-order valence-corrected chi connectivity index (χ3v) is 3.92. The second kappa shape index (κ2) is 8.47. The SMILES string of the molecule is O=C(O)c1cc(C(F)(F)F)ccc1SCc1ccccc1.[Ba+2].[H-].[H-]. The fourth-order valence-electron chi connectivity index (χ4n) is 1.73. The molecule has 0 heterocycles. The number of alkyl halides is 3. The minimum absolute atomic E-state index is 0. The van der Waals surface area contributed by atoms with Gasteiger partial charge in [0.15, 0.2) is 0 Å². The van der Waals surface area contributed by atoms with Crippen LogP contribution in [0.25, 0.3) is 0 Å². The fraction of sp³-hybridized carbons (Fsp3) is 0.133. The molecule has 0 atom stereocenters. The number of rotatable bonds is 4. The molecule has 0 spiro atoms. The van der Waals surface area contributed by atoms with Crippen molar-refractivity contribution in [2.45, 2.75) is 16.8 Å². The van der Waals surface area contributed by atoms with Gasteiger partial charge in [0.2, 0.25) is 0 Å². The second-order valence-corrected chi connectivity index (χ2v) is 5.31. The van der Waals surface area contributed by atoms with E-state index in [-0.39, 0.29) is 57.3 Å². The van der Waals surface area contributed by atoms with Crippen molar-refractivity contribution in [3.63, 3.8) is 0 Å². The van der Waals surface area contributed by atoms with Crippen LogP contribution >= 0.6 is 11.8 Å². The Kier molecular flexibility index (Phi) is 7.57. The molecule has 2 aromatic rings. The zero-order chi connectivity index (χ0) is 15.5. The first kappa shape index (κ1) is 19.7. The first-order valence-electron chi connectivity index (χ1n) is 5.99. The van der Waals surface area contributed by atoms with Gasteiger partial charge in [-0.2, -0.15) is 13.2 Å². The quantitative estimate of drug-likeness (QED) is 0.548. The molecule has 0 amide bonds. The normalized spacial score (nSPS) is 10.9. The van der Waals surface area contributed by atoms with Crippen LogP contribution in [0.5, 0.6) is 0 Å². The van der Waals surface area contributed by atoms with E-state index in [1.807, 2.05) is 30.3 Å². The van der Waals surface area contributed by atoms with Crippen molar-refractivity contribution in [3.05, 3.63) is 65.2 Å². The molecule has 22 heavy (non-hydrogen) atoms. The van der Waals surface area contributed by atoms with E-state index in [4.69, 9.17) is 5.11 Å². The average molecular weight is 452 g/mol. The molecule has 114 valence electrons. The van der Waals surface area contributed by atoms with Crippen LogP contribution in [0.4, 0.5) is 13.2 Å². The summed E-state index contributed by atoms with van der Waals surface area (Å²) in [5.41, 5.74) is -0.312. The zero-order valence-corrected chi connectivity index (χ0v) is 16.7. The van der Waals surface area contributed by atoms with Crippen LogP contribution in [0.2, 0.25) is 0 Å². The summed E-state index contributed by atoms with van der Waals surface area (Å²) < 4.78 is 37.8. The van der Waals surface area contributed by atoms with Crippen LogP contribution in [-0.2, 0) is 11.9 Å². The predicted molar refractivity (Wildman–Crippen MR) is 82.4 cm³/mol. The van der Waals surface area contributed by atoms with Crippen LogP contribution in [0.15, 0.2) is 53.4 Å². The summed E-state index contributed by atoms with van der Waals surface area (Å²) in [5.74, 6) is -0.872. The van der Waals surface area contributed by atoms with Crippen molar-refractivity contribution in [2.24, 2.45) is 0 Å². The average Bonchev–Trinajstić information content (AvgIpc) is 2.45. The van der Waals surface area contributed by atoms with Crippen molar-refractivity contribution in [1.82, 2.24) is 0 Å². The summed E-state index contributed by atoms with van der Waals surface area (Å²) in [4.78, 5) is 11.5. The smallest absolute Gasteiger partial charge is 1.00 e. The first-order chi connectivity index (χ1) is 9.88. The molecule has 0 bridgehead atoms. The van der Waals surface area contributed by atoms with E-state index in [9.17, 15) is 18.0 Å². The van der Waals surface area contributed by atoms with Gasteiger partial charge in [0.05, 0.1) is 11.1 Å². The van der Waals surface area contributed by atoms with E-state index >= 15 is 0 Å². The van der Waals surface area contributed by atoms with Gasteiger partial charge < -0.3 is 7.96 Å². The van der Waals surface area contributed by atoms with Gasteiger partial charge in [-0.05, 0) is 23.8 Å². The maximum absolute atomic E-state index is 12.6. The van der Waals surface area contributed by atoms with Gasteiger partial charge >= 0.3 is 61.0 Å². The molecular formula is C15H13BaF3O2S. The Bertz CT molecular complexity index is 655. The molecule has 0 aliphatic rings. The molecule has 0 aromatic heterocycles. The van der Waals surface area contributed by atoms with E-state index in [0.717, 1.165) is 11.6 Å². The van der Waals surface area contributed by atoms with Gasteiger partial charge in [-0.15, -0.1) is 11.8 Å². The van der Waals surface area contributed by atoms with E-state index < -0.39 is 17.7 Å². The van der Waals surface area contributed by atoms with Gasteiger partial charge in [0.25, 0.3) is 0 Å². The van der Waals surface area contributed by atoms with Gasteiger partial charge in [-0.3, -0.25) is 0 Å². The van der Waals surface area contributed by atoms with Gasteiger partial charge in [-0.1, -0.05) is 30.3 Å². The Hall–Kier alpha value is -0.379. The van der Waals surface area contributed by atoms with Gasteiger partial charge in [-0.25, -0.2) is 4.79 Å². The summed E-state index contributed by atoms with van der Waals surface area (Å²) >= 11 is 1.20. The van der Waals surface area contributed by atoms with Crippen LogP contribution in [0.3, 0.4) is 0 Å². The third kappa shape index (κ3) is 5.36. The summed E-state index contributed by atoms with van der Waals surface area (Å²) in [6.07, 6.45) is -4.55. The number of benzene rings is 2. The molecule has 7 heteroatoms. The number of carbonyl (C=O) groups is 1. The molecule has 0 saturated carbocycles. The standard InChI is InChI=1S/C15H11F3O2S.Ba.2H/c16-15(17,18)11-6-7-13(12(8-11)14(19)20)21-9-10-4-2-1-3-5-10;;;/h1-8H,9H2,(H,19,20);;;/q;+2;2*-1. The molecule has 2 rings (SSSR count). The molecule has 0 radical (unpaired) electrons. The van der Waals surface area contributed by atoms with Crippen molar-refractivity contribution in [3.8, 4) is 0 Å². The molecule has 0 saturated heterocycles. The van der Waals surface area contributed by atoms with Crippen LogP contribution in [-0.4, -0.2) is 60.0 Å². The number of halogens is 3. The summed E-state index contributed by atoms with van der Waals surface area (Å²) in [5, 5.41) is 9.07. The van der Waals surface area contributed by atoms with Crippen molar-refractivity contribution in [1.29, 1.82) is 0 Å². The van der Waals surface area contributed by atoms with E-state index in [1.54, 1.807) is 0 Å². The number of carboxylic acids is 1. The van der Waals surface area contributed by atoms with Crippen molar-refractivity contribution < 1.29 is 25.9 Å². The van der Waals surface area contributed by atoms with E-state index in [1.165, 1.54) is 17.8 Å². The number of aromatic carboxylic acids is 1. The Morgan fingerprint density at radius 1 is 1.14 bits per heavy atom. The summed E-state index contributed by atoms with van der Waals surface area (Å²) in [6, 6.07) is 12.1. The number of thioether (sulfide) groups is 1. The molecule has 0 aliphatic heterocycles. The van der Waals surface area contributed by atoms with Gasteiger partial charge in [0, 0.05) is 10.6 Å². The molecule has 0 unspecified atom stereocenters. The van der Waals surface area contributed by atoms with Gasteiger partial charge in [0.1, 0.15) is 0 Å². The topological polar surface area (TPSA) is 37.3 Å². The van der Waals surface area contributed by atoms with Crippen LogP contribution in [0, 0.1) is 0 Å². The molecule has 0 fully saturated rings. The number of hydrogen-bond donors (Lipinski definition) is 1. The van der Waals surface area contributed by atoms with Crippen LogP contribution in [0.1, 0.15) is 24.3 Å². The summed E-state index contributed by atoms with van der Waals surface area (Å²) in [7, 11) is 0. The maximum atomic E-state index is 12.6. The largest absolute Gasteiger partial charge is 2.00 e. The van der Waals surface area contributed by atoms with E-state index in [0.29, 0.717) is 16.7 Å². The second-order valence-electron chi connectivity index (χ2n) is 4.29. The first-order valence-corrected chi connectivity index (χ1v) is 6.98. The molecule has 2 aromatic carbocycles. The minimum atomic E-state index is -4.55. The molecule has 2 nitrogen and oxygen atoms in total. The molecule has 0 aliphatic carbocycles. The number of carboxylic acid groups (broad SMARTS) is 1.